The van der Waals surface area contributed by atoms with E-state index in [0.29, 0.717) is 18.0 Å². The highest BCUT2D eigenvalue weighted by atomic mass is 16.1. The zero-order valence-corrected chi connectivity index (χ0v) is 14.0. The van der Waals surface area contributed by atoms with Crippen LogP contribution in [-0.4, -0.2) is 15.7 Å². The molecule has 1 heterocycles. The fourth-order valence-electron chi connectivity index (χ4n) is 3.13. The summed E-state index contributed by atoms with van der Waals surface area (Å²) in [5.41, 5.74) is 3.02. The summed E-state index contributed by atoms with van der Waals surface area (Å²) in [6.07, 6.45) is 6.06. The lowest BCUT2D eigenvalue weighted by molar-refractivity contribution is 0.0931. The molecule has 1 aliphatic rings. The fraction of sp³-hybridized carbons (Fsp3) is 0.238. The highest BCUT2D eigenvalue weighted by molar-refractivity contribution is 5.94. The Morgan fingerprint density at radius 1 is 1.08 bits per heavy atom. The number of hydrogen-bond donors (Lipinski definition) is 1. The molecule has 3 aromatic rings. The van der Waals surface area contributed by atoms with Crippen molar-refractivity contribution < 1.29 is 4.79 Å². The van der Waals surface area contributed by atoms with Crippen molar-refractivity contribution in [3.63, 3.8) is 0 Å². The van der Waals surface area contributed by atoms with Gasteiger partial charge < -0.3 is 5.32 Å². The van der Waals surface area contributed by atoms with Gasteiger partial charge in [-0.25, -0.2) is 0 Å². The molecule has 1 fully saturated rings. The first kappa shape index (κ1) is 15.6. The van der Waals surface area contributed by atoms with Crippen LogP contribution in [-0.2, 0) is 6.54 Å². The van der Waals surface area contributed by atoms with E-state index in [-0.39, 0.29) is 11.9 Å². The molecule has 4 nitrogen and oxygen atoms in total. The van der Waals surface area contributed by atoms with Crippen LogP contribution < -0.4 is 5.32 Å². The summed E-state index contributed by atoms with van der Waals surface area (Å²) in [5, 5.41) is 7.43. The Balaban J connectivity index is 1.45. The van der Waals surface area contributed by atoms with Crippen molar-refractivity contribution in [3.8, 4) is 0 Å². The first-order valence-electron chi connectivity index (χ1n) is 8.72. The second-order valence-corrected chi connectivity index (χ2v) is 6.60. The van der Waals surface area contributed by atoms with Gasteiger partial charge in [0, 0.05) is 18.0 Å². The highest BCUT2D eigenvalue weighted by Gasteiger charge is 2.33. The number of amides is 1. The van der Waals surface area contributed by atoms with Crippen molar-refractivity contribution in [2.45, 2.75) is 25.4 Å². The van der Waals surface area contributed by atoms with Gasteiger partial charge in [0.15, 0.2) is 0 Å². The molecule has 4 rings (SSSR count). The summed E-state index contributed by atoms with van der Waals surface area (Å²) in [6, 6.07) is 20.0. The maximum absolute atomic E-state index is 12.7. The number of benzene rings is 2. The minimum Gasteiger partial charge on any atom is -0.345 e. The van der Waals surface area contributed by atoms with Gasteiger partial charge in [-0.05, 0) is 48.1 Å². The Hall–Kier alpha value is -2.88. The Labute approximate surface area is 147 Å². The minimum atomic E-state index is -0.00797. The second-order valence-electron chi connectivity index (χ2n) is 6.60. The molecule has 1 aliphatic carbocycles. The standard InChI is InChI=1S/C21H21N3O/c25-21(23-20(18-11-12-18)17-5-2-1-3-6-17)19-9-7-16(8-10-19)15-24-14-4-13-22-24/h1-10,13-14,18,20H,11-12,15H2,(H,23,25)/t20-/m1/s1. The lowest BCUT2D eigenvalue weighted by atomic mass is 10.0. The van der Waals surface area contributed by atoms with E-state index in [1.807, 2.05) is 59.4 Å². The molecule has 1 N–H and O–H groups in total. The zero-order valence-electron chi connectivity index (χ0n) is 14.0. The molecule has 4 heteroatoms. The zero-order chi connectivity index (χ0) is 17.1. The first-order valence-corrected chi connectivity index (χ1v) is 8.72. The molecule has 1 aromatic heterocycles. The maximum Gasteiger partial charge on any atom is 0.251 e. The minimum absolute atomic E-state index is 0.00797. The topological polar surface area (TPSA) is 46.9 Å². The second kappa shape index (κ2) is 6.93. The Bertz CT molecular complexity index is 821. The van der Waals surface area contributed by atoms with E-state index in [1.165, 1.54) is 18.4 Å². The Kier molecular flexibility index (Phi) is 4.34. The van der Waals surface area contributed by atoms with Gasteiger partial charge in [0.2, 0.25) is 0 Å². The number of aromatic nitrogens is 2. The van der Waals surface area contributed by atoms with Crippen LogP contribution in [0, 0.1) is 5.92 Å². The van der Waals surface area contributed by atoms with Crippen molar-refractivity contribution in [1.82, 2.24) is 15.1 Å². The van der Waals surface area contributed by atoms with Gasteiger partial charge >= 0.3 is 0 Å². The van der Waals surface area contributed by atoms with Crippen LogP contribution in [0.5, 0.6) is 0 Å². The van der Waals surface area contributed by atoms with E-state index in [4.69, 9.17) is 0 Å². The van der Waals surface area contributed by atoms with Crippen molar-refractivity contribution in [2.24, 2.45) is 5.92 Å². The monoisotopic (exact) mass is 331 g/mol. The number of rotatable bonds is 6. The van der Waals surface area contributed by atoms with Crippen LogP contribution in [0.1, 0.15) is 40.4 Å². The van der Waals surface area contributed by atoms with E-state index in [1.54, 1.807) is 6.20 Å². The molecular weight excluding hydrogens is 310 g/mol. The Morgan fingerprint density at radius 2 is 1.84 bits per heavy atom. The van der Waals surface area contributed by atoms with Gasteiger partial charge in [-0.15, -0.1) is 0 Å². The molecule has 126 valence electrons. The van der Waals surface area contributed by atoms with Gasteiger partial charge in [0.05, 0.1) is 12.6 Å². The van der Waals surface area contributed by atoms with Gasteiger partial charge in [-0.3, -0.25) is 9.48 Å². The van der Waals surface area contributed by atoms with E-state index in [0.717, 1.165) is 5.56 Å². The maximum atomic E-state index is 12.7. The molecule has 2 aromatic carbocycles. The van der Waals surface area contributed by atoms with E-state index >= 15 is 0 Å². The number of hydrogen-bond acceptors (Lipinski definition) is 2. The van der Waals surface area contributed by atoms with Gasteiger partial charge in [0.25, 0.3) is 5.91 Å². The summed E-state index contributed by atoms with van der Waals surface area (Å²) in [5.74, 6) is 0.553. The van der Waals surface area contributed by atoms with E-state index in [2.05, 4.69) is 22.5 Å². The molecule has 0 spiro atoms. The number of nitrogens with zero attached hydrogens (tertiary/aromatic N) is 2. The highest BCUT2D eigenvalue weighted by Crippen LogP contribution is 2.41. The van der Waals surface area contributed by atoms with Crippen LogP contribution in [0.4, 0.5) is 0 Å². The first-order chi connectivity index (χ1) is 12.3. The van der Waals surface area contributed by atoms with E-state index in [9.17, 15) is 4.79 Å². The molecule has 0 bridgehead atoms. The van der Waals surface area contributed by atoms with Crippen molar-refractivity contribution in [1.29, 1.82) is 0 Å². The number of nitrogens with one attached hydrogen (secondary N) is 1. The molecule has 1 saturated carbocycles. The SMILES string of the molecule is O=C(N[C@H](c1ccccc1)C1CC1)c1ccc(Cn2cccn2)cc1. The third kappa shape index (κ3) is 3.79. The summed E-state index contributed by atoms with van der Waals surface area (Å²) >= 11 is 0. The third-order valence-corrected chi connectivity index (χ3v) is 4.66. The van der Waals surface area contributed by atoms with Gasteiger partial charge in [-0.2, -0.15) is 5.10 Å². The molecule has 0 aliphatic heterocycles. The number of carbonyl (C=O) groups is 1. The van der Waals surface area contributed by atoms with Crippen molar-refractivity contribution >= 4 is 5.91 Å². The summed E-state index contributed by atoms with van der Waals surface area (Å²) in [4.78, 5) is 12.7. The largest absolute Gasteiger partial charge is 0.345 e. The van der Waals surface area contributed by atoms with Crippen LogP contribution in [0.15, 0.2) is 73.1 Å². The smallest absolute Gasteiger partial charge is 0.251 e. The molecule has 0 unspecified atom stereocenters. The summed E-state index contributed by atoms with van der Waals surface area (Å²) in [7, 11) is 0. The Morgan fingerprint density at radius 3 is 2.48 bits per heavy atom. The van der Waals surface area contributed by atoms with Crippen LogP contribution >= 0.6 is 0 Å². The van der Waals surface area contributed by atoms with Gasteiger partial charge in [-0.1, -0.05) is 42.5 Å². The lowest BCUT2D eigenvalue weighted by Gasteiger charge is -2.19. The normalized spacial score (nSPS) is 14.9. The molecule has 0 radical (unpaired) electrons. The van der Waals surface area contributed by atoms with E-state index < -0.39 is 0 Å². The average molecular weight is 331 g/mol. The molecule has 1 atom stereocenters. The lowest BCUT2D eigenvalue weighted by Crippen LogP contribution is -2.29. The third-order valence-electron chi connectivity index (χ3n) is 4.66. The predicted molar refractivity (Wildman–Crippen MR) is 97.1 cm³/mol. The van der Waals surface area contributed by atoms with Crippen molar-refractivity contribution in [3.05, 3.63) is 89.7 Å². The fourth-order valence-corrected chi connectivity index (χ4v) is 3.13. The molecule has 1 amide bonds. The summed E-state index contributed by atoms with van der Waals surface area (Å²) in [6.45, 7) is 0.712. The summed E-state index contributed by atoms with van der Waals surface area (Å²) < 4.78 is 1.87. The van der Waals surface area contributed by atoms with Crippen LogP contribution in [0.2, 0.25) is 0 Å². The predicted octanol–water partition coefficient (Wildman–Crippen LogP) is 3.81. The molecule has 25 heavy (non-hydrogen) atoms. The van der Waals surface area contributed by atoms with Crippen LogP contribution in [0.25, 0.3) is 0 Å². The molecular formula is C21H21N3O. The average Bonchev–Trinajstić information content (AvgIpc) is 3.37. The van der Waals surface area contributed by atoms with Gasteiger partial charge in [0.1, 0.15) is 0 Å². The molecule has 0 saturated heterocycles. The quantitative estimate of drug-likeness (QED) is 0.746. The van der Waals surface area contributed by atoms with Crippen molar-refractivity contribution in [2.75, 3.05) is 0 Å². The number of carbonyl (C=O) groups excluding carboxylic acids is 1. The van der Waals surface area contributed by atoms with Crippen LogP contribution in [0.3, 0.4) is 0 Å².